The average molecular weight is 421 g/mol. The van der Waals surface area contributed by atoms with Crippen molar-refractivity contribution in [1.82, 2.24) is 9.21 Å². The molecule has 1 aromatic rings. The van der Waals surface area contributed by atoms with Crippen LogP contribution in [0.25, 0.3) is 0 Å². The van der Waals surface area contributed by atoms with E-state index in [9.17, 15) is 18.3 Å². The number of aliphatic hydroxyl groups excluding tert-OH is 1. The number of carbonyl (C=O) groups is 1. The van der Waals surface area contributed by atoms with Crippen LogP contribution >= 0.6 is 23.2 Å². The second-order valence-electron chi connectivity index (χ2n) is 6.81. The molecule has 0 spiro atoms. The van der Waals surface area contributed by atoms with Gasteiger partial charge in [0.05, 0.1) is 11.1 Å². The molecule has 0 saturated carbocycles. The number of hydrogen-bond acceptors (Lipinski definition) is 4. The van der Waals surface area contributed by atoms with Gasteiger partial charge in [0, 0.05) is 37.1 Å². The highest BCUT2D eigenvalue weighted by molar-refractivity contribution is 7.89. The minimum absolute atomic E-state index is 0.00135. The monoisotopic (exact) mass is 420 g/mol. The van der Waals surface area contributed by atoms with E-state index in [4.69, 9.17) is 23.2 Å². The number of amides is 1. The van der Waals surface area contributed by atoms with Gasteiger partial charge >= 0.3 is 0 Å². The van der Waals surface area contributed by atoms with Crippen molar-refractivity contribution in [2.24, 2.45) is 5.92 Å². The van der Waals surface area contributed by atoms with Gasteiger partial charge in [0.25, 0.3) is 0 Å². The Bertz CT molecular complexity index is 771. The number of benzene rings is 1. The van der Waals surface area contributed by atoms with Gasteiger partial charge in [-0.3, -0.25) is 4.79 Å². The van der Waals surface area contributed by atoms with Gasteiger partial charge in [-0.15, -0.1) is 0 Å². The van der Waals surface area contributed by atoms with Gasteiger partial charge < -0.3 is 10.0 Å². The standard InChI is InChI=1S/C17H22Cl2N2O4S/c18-13-1-2-15(19)16(11-13)26(24,25)21-9-3-12(4-10-21)17(23)20-7-5-14(22)6-8-20/h1-2,11-12,14,22H,3-10H2. The molecule has 3 rings (SSSR count). The second kappa shape index (κ2) is 8.02. The molecule has 1 N–H and O–H groups in total. The normalized spacial score (nSPS) is 21.1. The molecule has 2 heterocycles. The smallest absolute Gasteiger partial charge is 0.244 e. The fourth-order valence-corrected chi connectivity index (χ4v) is 5.71. The van der Waals surface area contributed by atoms with Crippen LogP contribution in [0.3, 0.4) is 0 Å². The maximum atomic E-state index is 12.8. The van der Waals surface area contributed by atoms with Gasteiger partial charge in [-0.2, -0.15) is 4.31 Å². The molecule has 2 aliphatic heterocycles. The number of aliphatic hydroxyl groups is 1. The van der Waals surface area contributed by atoms with Crippen molar-refractivity contribution in [2.75, 3.05) is 26.2 Å². The van der Waals surface area contributed by atoms with Crippen LogP contribution < -0.4 is 0 Å². The third-order valence-electron chi connectivity index (χ3n) is 5.09. The Hall–Kier alpha value is -0.860. The number of rotatable bonds is 3. The van der Waals surface area contributed by atoms with Crippen molar-refractivity contribution >= 4 is 39.1 Å². The Morgan fingerprint density at radius 2 is 1.65 bits per heavy atom. The predicted octanol–water partition coefficient (Wildman–Crippen LogP) is 2.38. The van der Waals surface area contributed by atoms with Crippen molar-refractivity contribution in [3.8, 4) is 0 Å². The predicted molar refractivity (Wildman–Crippen MR) is 99.8 cm³/mol. The van der Waals surface area contributed by atoms with E-state index >= 15 is 0 Å². The fourth-order valence-electron chi connectivity index (χ4n) is 3.50. The van der Waals surface area contributed by atoms with Crippen LogP contribution in [0, 0.1) is 5.92 Å². The van der Waals surface area contributed by atoms with E-state index < -0.39 is 10.0 Å². The summed E-state index contributed by atoms with van der Waals surface area (Å²) in [7, 11) is -3.74. The molecular weight excluding hydrogens is 399 g/mol. The van der Waals surface area contributed by atoms with E-state index in [1.54, 1.807) is 11.0 Å². The highest BCUT2D eigenvalue weighted by Crippen LogP contribution is 2.31. The summed E-state index contributed by atoms with van der Waals surface area (Å²) in [5.41, 5.74) is 0. The van der Waals surface area contributed by atoms with Gasteiger partial charge in [-0.25, -0.2) is 8.42 Å². The van der Waals surface area contributed by atoms with Crippen LogP contribution in [-0.2, 0) is 14.8 Å². The zero-order valence-corrected chi connectivity index (χ0v) is 16.6. The summed E-state index contributed by atoms with van der Waals surface area (Å²) in [6, 6.07) is 4.37. The molecule has 2 fully saturated rings. The van der Waals surface area contributed by atoms with Crippen LogP contribution in [-0.4, -0.2) is 60.9 Å². The lowest BCUT2D eigenvalue weighted by atomic mass is 9.95. The number of sulfonamides is 1. The van der Waals surface area contributed by atoms with Crippen LogP contribution in [0.2, 0.25) is 10.0 Å². The Labute approximate surface area is 163 Å². The fraction of sp³-hybridized carbons (Fsp3) is 0.588. The molecule has 0 atom stereocenters. The first-order chi connectivity index (χ1) is 12.3. The maximum Gasteiger partial charge on any atom is 0.244 e. The highest BCUT2D eigenvalue weighted by Gasteiger charge is 2.35. The van der Waals surface area contributed by atoms with E-state index in [0.29, 0.717) is 43.8 Å². The van der Waals surface area contributed by atoms with Gasteiger partial charge in [0.1, 0.15) is 4.90 Å². The summed E-state index contributed by atoms with van der Waals surface area (Å²) in [6.07, 6.45) is 1.84. The first-order valence-electron chi connectivity index (χ1n) is 8.71. The van der Waals surface area contributed by atoms with Gasteiger partial charge in [0.15, 0.2) is 0 Å². The largest absolute Gasteiger partial charge is 0.393 e. The Morgan fingerprint density at radius 1 is 1.04 bits per heavy atom. The second-order valence-corrected chi connectivity index (χ2v) is 9.56. The van der Waals surface area contributed by atoms with Crippen molar-refractivity contribution in [1.29, 1.82) is 0 Å². The number of halogens is 2. The lowest BCUT2D eigenvalue weighted by molar-refractivity contribution is -0.138. The molecule has 0 bridgehead atoms. The van der Waals surface area contributed by atoms with Crippen molar-refractivity contribution in [2.45, 2.75) is 36.7 Å². The summed E-state index contributed by atoms with van der Waals surface area (Å²) in [6.45, 7) is 1.68. The molecule has 0 unspecified atom stereocenters. The van der Waals surface area contributed by atoms with Crippen molar-refractivity contribution < 1.29 is 18.3 Å². The Kier molecular flexibility index (Phi) is 6.14. The lowest BCUT2D eigenvalue weighted by Crippen LogP contribution is -2.47. The maximum absolute atomic E-state index is 12.8. The molecule has 9 heteroatoms. The Morgan fingerprint density at radius 3 is 2.27 bits per heavy atom. The van der Waals surface area contributed by atoms with Crippen LogP contribution in [0.15, 0.2) is 23.1 Å². The molecule has 6 nitrogen and oxygen atoms in total. The van der Waals surface area contributed by atoms with Crippen LogP contribution in [0.1, 0.15) is 25.7 Å². The number of carbonyl (C=O) groups excluding carboxylic acids is 1. The van der Waals surface area contributed by atoms with Crippen molar-refractivity contribution in [3.63, 3.8) is 0 Å². The van der Waals surface area contributed by atoms with Gasteiger partial charge in [-0.1, -0.05) is 23.2 Å². The molecule has 2 aliphatic rings. The van der Waals surface area contributed by atoms with Gasteiger partial charge in [-0.05, 0) is 43.9 Å². The van der Waals surface area contributed by atoms with E-state index in [1.165, 1.54) is 16.4 Å². The topological polar surface area (TPSA) is 77.9 Å². The van der Waals surface area contributed by atoms with Crippen molar-refractivity contribution in [3.05, 3.63) is 28.2 Å². The number of hydrogen-bond donors (Lipinski definition) is 1. The summed E-state index contributed by atoms with van der Waals surface area (Å²) in [5, 5.41) is 10.0. The molecule has 1 amide bonds. The third kappa shape index (κ3) is 4.17. The molecule has 26 heavy (non-hydrogen) atoms. The molecular formula is C17H22Cl2N2O4S. The van der Waals surface area contributed by atoms with Gasteiger partial charge in [0.2, 0.25) is 15.9 Å². The molecule has 144 valence electrons. The quantitative estimate of drug-likeness (QED) is 0.813. The summed E-state index contributed by atoms with van der Waals surface area (Å²) in [4.78, 5) is 14.4. The van der Waals surface area contributed by atoms with E-state index in [-0.39, 0.29) is 40.9 Å². The van der Waals surface area contributed by atoms with E-state index in [1.807, 2.05) is 0 Å². The number of piperidine rings is 2. The minimum Gasteiger partial charge on any atom is -0.393 e. The molecule has 1 aromatic carbocycles. The first kappa shape index (κ1) is 19.9. The molecule has 2 saturated heterocycles. The first-order valence-corrected chi connectivity index (χ1v) is 10.9. The number of likely N-dealkylation sites (tertiary alicyclic amines) is 1. The average Bonchev–Trinajstić information content (AvgIpc) is 2.64. The zero-order valence-electron chi connectivity index (χ0n) is 14.3. The zero-order chi connectivity index (χ0) is 18.9. The summed E-state index contributed by atoms with van der Waals surface area (Å²) < 4.78 is 27.0. The summed E-state index contributed by atoms with van der Waals surface area (Å²) in [5.74, 6) is -0.110. The van der Waals surface area contributed by atoms with E-state index in [2.05, 4.69) is 0 Å². The third-order valence-corrected chi connectivity index (χ3v) is 7.71. The minimum atomic E-state index is -3.74. The summed E-state index contributed by atoms with van der Waals surface area (Å²) >= 11 is 12.0. The highest BCUT2D eigenvalue weighted by atomic mass is 35.5. The SMILES string of the molecule is O=C(C1CCN(S(=O)(=O)c2cc(Cl)ccc2Cl)CC1)N1CCC(O)CC1. The lowest BCUT2D eigenvalue weighted by Gasteiger charge is -2.36. The molecule has 0 aromatic heterocycles. The molecule has 0 radical (unpaired) electrons. The Balaban J connectivity index is 1.64. The van der Waals surface area contributed by atoms with Crippen LogP contribution in [0.5, 0.6) is 0 Å². The van der Waals surface area contributed by atoms with Crippen LogP contribution in [0.4, 0.5) is 0 Å². The van der Waals surface area contributed by atoms with E-state index in [0.717, 1.165) is 0 Å². The molecule has 0 aliphatic carbocycles. The number of nitrogens with zero attached hydrogens (tertiary/aromatic N) is 2.